The second-order valence-corrected chi connectivity index (χ2v) is 21.8. The first-order valence-electron chi connectivity index (χ1n) is 31.9. The van der Waals surface area contributed by atoms with Crippen LogP contribution in [0, 0.1) is 0 Å². The Morgan fingerprint density at radius 3 is 0.908 bits per heavy atom. The quantitative estimate of drug-likeness (QED) is 0.0134. The molecule has 4 aromatic carbocycles. The molecule has 0 aromatic heterocycles. The van der Waals surface area contributed by atoms with Gasteiger partial charge in [0, 0.05) is 24.3 Å². The summed E-state index contributed by atoms with van der Waals surface area (Å²) in [6, 6.07) is 23.6. The van der Waals surface area contributed by atoms with Crippen molar-refractivity contribution in [2.45, 2.75) is 212 Å². The van der Waals surface area contributed by atoms with Crippen molar-refractivity contribution in [3.05, 3.63) is 146 Å². The topological polar surface area (TPSA) is 185 Å². The minimum atomic E-state index is -0.768. The monoisotopic (exact) mass is 1200 g/mol. The maximum atomic E-state index is 13.7. The molecule has 15 heteroatoms. The molecule has 3 unspecified atom stereocenters. The number of esters is 6. The standard InChI is InChI=1S/C72H96O15/c1-7-13-16-22-31-61(82-67(73)10-4)34-25-19-28-51-79-58-43-37-55(38-44-58)70(76)85-64-49-50-65(86-71(77)56-39-45-59(46-40-56)80-52-29-20-26-35-62(83-68(74)11-5)32-23-17-14-8-2)66(54-64)87-72(78)57-41-47-60(48-42-57)81-53-30-21-27-36-63(84-69(75)12-6)33-24-18-15-9-3/h10-12,37-50,54,61-63H,4-9,13-36,51-53H2,1-3H3. The van der Waals surface area contributed by atoms with E-state index >= 15 is 0 Å². The Hall–Kier alpha value is -7.68. The first kappa shape index (κ1) is 71.8. The number of benzene rings is 4. The number of rotatable bonds is 48. The molecule has 0 heterocycles. The van der Waals surface area contributed by atoms with Crippen LogP contribution >= 0.6 is 0 Å². The lowest BCUT2D eigenvalue weighted by Gasteiger charge is -2.17. The van der Waals surface area contributed by atoms with E-state index in [1.807, 2.05) is 0 Å². The summed E-state index contributed by atoms with van der Waals surface area (Å²) in [7, 11) is 0. The predicted molar refractivity (Wildman–Crippen MR) is 339 cm³/mol. The highest BCUT2D eigenvalue weighted by molar-refractivity contribution is 5.94. The molecule has 0 saturated carbocycles. The minimum absolute atomic E-state index is 0.0225. The van der Waals surface area contributed by atoms with Crippen molar-refractivity contribution < 1.29 is 71.4 Å². The summed E-state index contributed by atoms with van der Waals surface area (Å²) in [4.78, 5) is 76.6. The summed E-state index contributed by atoms with van der Waals surface area (Å²) in [5.41, 5.74) is 0.630. The zero-order chi connectivity index (χ0) is 62.7. The molecule has 0 aliphatic carbocycles. The number of unbranched alkanes of at least 4 members (excludes halogenated alkanes) is 15. The fraction of sp³-hybridized carbons (Fsp3) is 0.500. The van der Waals surface area contributed by atoms with E-state index in [1.54, 1.807) is 72.8 Å². The van der Waals surface area contributed by atoms with Gasteiger partial charge in [0.2, 0.25) is 0 Å². The van der Waals surface area contributed by atoms with Crippen LogP contribution in [0.4, 0.5) is 0 Å². The third-order valence-electron chi connectivity index (χ3n) is 14.6. The van der Waals surface area contributed by atoms with Gasteiger partial charge in [-0.15, -0.1) is 0 Å². The van der Waals surface area contributed by atoms with Gasteiger partial charge in [0.1, 0.15) is 41.3 Å². The molecule has 0 saturated heterocycles. The van der Waals surface area contributed by atoms with E-state index in [4.69, 9.17) is 42.6 Å². The molecule has 15 nitrogen and oxygen atoms in total. The molecule has 4 rings (SSSR count). The molecule has 4 aromatic rings. The molecule has 0 amide bonds. The molecule has 474 valence electrons. The predicted octanol–water partition coefficient (Wildman–Crippen LogP) is 17.4. The third kappa shape index (κ3) is 30.5. The van der Waals surface area contributed by atoms with Crippen molar-refractivity contribution in [1.82, 2.24) is 0 Å². The van der Waals surface area contributed by atoms with E-state index in [0.717, 1.165) is 173 Å². The van der Waals surface area contributed by atoms with Crippen LogP contribution in [-0.2, 0) is 28.6 Å². The highest BCUT2D eigenvalue weighted by Gasteiger charge is 2.21. The zero-order valence-corrected chi connectivity index (χ0v) is 52.1. The van der Waals surface area contributed by atoms with Crippen molar-refractivity contribution in [3.8, 4) is 34.5 Å². The summed E-state index contributed by atoms with van der Waals surface area (Å²) in [6.07, 6.45) is 29.0. The Labute approximate surface area is 517 Å². The van der Waals surface area contributed by atoms with E-state index in [0.29, 0.717) is 37.1 Å². The van der Waals surface area contributed by atoms with E-state index < -0.39 is 35.8 Å². The first-order chi connectivity index (χ1) is 42.4. The summed E-state index contributed by atoms with van der Waals surface area (Å²) in [6.45, 7) is 18.5. The highest BCUT2D eigenvalue weighted by Crippen LogP contribution is 2.34. The fourth-order valence-corrected chi connectivity index (χ4v) is 9.60. The summed E-state index contributed by atoms with van der Waals surface area (Å²) in [5.74, 6) is -1.92. The third-order valence-corrected chi connectivity index (χ3v) is 14.6. The molecule has 0 N–H and O–H groups in total. The van der Waals surface area contributed by atoms with Gasteiger partial charge in [-0.2, -0.15) is 0 Å². The number of carbonyl (C=O) groups excluding carboxylic acids is 6. The van der Waals surface area contributed by atoms with Gasteiger partial charge in [-0.25, -0.2) is 28.8 Å². The molecule has 3 atom stereocenters. The van der Waals surface area contributed by atoms with Crippen LogP contribution in [0.5, 0.6) is 34.5 Å². The van der Waals surface area contributed by atoms with Crippen LogP contribution in [-0.4, -0.2) is 73.9 Å². The van der Waals surface area contributed by atoms with Crippen molar-refractivity contribution in [1.29, 1.82) is 0 Å². The Morgan fingerprint density at radius 1 is 0.333 bits per heavy atom. The Kier molecular flexibility index (Phi) is 36.2. The first-order valence-corrected chi connectivity index (χ1v) is 31.9. The van der Waals surface area contributed by atoms with Gasteiger partial charge in [0.25, 0.3) is 0 Å². The van der Waals surface area contributed by atoms with Gasteiger partial charge in [0.05, 0.1) is 36.5 Å². The Bertz CT molecular complexity index is 2660. The molecule has 0 bridgehead atoms. The Morgan fingerprint density at radius 2 is 0.609 bits per heavy atom. The van der Waals surface area contributed by atoms with Crippen LogP contribution in [0.25, 0.3) is 0 Å². The summed E-state index contributed by atoms with van der Waals surface area (Å²) >= 11 is 0. The maximum Gasteiger partial charge on any atom is 0.343 e. The molecule has 0 aliphatic rings. The normalized spacial score (nSPS) is 11.9. The SMILES string of the molecule is C=CC(=O)OC(CCCCCC)CCCCCOc1ccc(C(=O)Oc2ccc(OC(=O)c3ccc(OCCCCCC(CCCCCC)OC(=O)C=C)cc3)c(OC(=O)c3ccc(OCCCCCC(CCCCCC)OC(=O)C=C)cc3)c2)cc1. The second-order valence-electron chi connectivity index (χ2n) is 21.8. The van der Waals surface area contributed by atoms with Crippen LogP contribution in [0.3, 0.4) is 0 Å². The van der Waals surface area contributed by atoms with E-state index in [9.17, 15) is 28.8 Å². The van der Waals surface area contributed by atoms with Crippen LogP contribution < -0.4 is 28.4 Å². The maximum absolute atomic E-state index is 13.7. The summed E-state index contributed by atoms with van der Waals surface area (Å²) < 4.78 is 52.1. The van der Waals surface area contributed by atoms with Crippen LogP contribution in [0.2, 0.25) is 0 Å². The lowest BCUT2D eigenvalue weighted by Crippen LogP contribution is -2.17. The molecule has 0 aliphatic heterocycles. The molecular weight excluding hydrogens is 1100 g/mol. The van der Waals surface area contributed by atoms with Crippen molar-refractivity contribution >= 4 is 35.8 Å². The fourth-order valence-electron chi connectivity index (χ4n) is 9.60. The lowest BCUT2D eigenvalue weighted by atomic mass is 10.0. The number of hydrogen-bond acceptors (Lipinski definition) is 15. The van der Waals surface area contributed by atoms with Gasteiger partial charge in [-0.1, -0.05) is 98.3 Å². The van der Waals surface area contributed by atoms with Gasteiger partial charge in [-0.05, 0) is 201 Å². The summed E-state index contributed by atoms with van der Waals surface area (Å²) in [5, 5.41) is 0. The van der Waals surface area contributed by atoms with E-state index in [-0.39, 0.29) is 52.3 Å². The number of hydrogen-bond donors (Lipinski definition) is 0. The molecular formula is C72H96O15. The second kappa shape index (κ2) is 43.9. The van der Waals surface area contributed by atoms with Crippen molar-refractivity contribution in [3.63, 3.8) is 0 Å². The van der Waals surface area contributed by atoms with Gasteiger partial charge in [-0.3, -0.25) is 0 Å². The van der Waals surface area contributed by atoms with Gasteiger partial charge < -0.3 is 42.6 Å². The van der Waals surface area contributed by atoms with E-state index in [2.05, 4.69) is 40.5 Å². The number of carbonyl (C=O) groups is 6. The van der Waals surface area contributed by atoms with Crippen LogP contribution in [0.1, 0.15) is 225 Å². The van der Waals surface area contributed by atoms with Crippen LogP contribution in [0.15, 0.2) is 129 Å². The van der Waals surface area contributed by atoms with Gasteiger partial charge >= 0.3 is 35.8 Å². The molecule has 87 heavy (non-hydrogen) atoms. The molecule has 0 spiro atoms. The van der Waals surface area contributed by atoms with Crippen molar-refractivity contribution in [2.24, 2.45) is 0 Å². The smallest absolute Gasteiger partial charge is 0.343 e. The van der Waals surface area contributed by atoms with E-state index in [1.165, 1.54) is 36.4 Å². The Balaban J connectivity index is 1.36. The zero-order valence-electron chi connectivity index (χ0n) is 52.1. The lowest BCUT2D eigenvalue weighted by molar-refractivity contribution is -0.144. The highest BCUT2D eigenvalue weighted by atomic mass is 16.6. The molecule has 0 radical (unpaired) electrons. The molecule has 0 fully saturated rings. The van der Waals surface area contributed by atoms with Crippen molar-refractivity contribution in [2.75, 3.05) is 19.8 Å². The number of ether oxygens (including phenoxy) is 9. The largest absolute Gasteiger partial charge is 0.494 e. The average Bonchev–Trinajstić information content (AvgIpc) is 3.57. The van der Waals surface area contributed by atoms with Gasteiger partial charge in [0.15, 0.2) is 11.5 Å². The average molecular weight is 1200 g/mol. The minimum Gasteiger partial charge on any atom is -0.494 e.